The van der Waals surface area contributed by atoms with Crippen molar-refractivity contribution in [1.82, 2.24) is 25.0 Å². The van der Waals surface area contributed by atoms with E-state index in [1.165, 1.54) is 16.2 Å². The number of carbonyl (C=O) groups excluding carboxylic acids is 2. The lowest BCUT2D eigenvalue weighted by Gasteiger charge is -2.16. The molecule has 27 heavy (non-hydrogen) atoms. The molecule has 0 bridgehead atoms. The van der Waals surface area contributed by atoms with Crippen LogP contribution in [0, 0.1) is 5.92 Å². The van der Waals surface area contributed by atoms with Gasteiger partial charge in [-0.3, -0.25) is 9.59 Å². The topological polar surface area (TPSA) is 80.1 Å². The Hall–Kier alpha value is -1.87. The molecular weight excluding hydrogens is 382 g/mol. The van der Waals surface area contributed by atoms with Crippen molar-refractivity contribution in [2.75, 3.05) is 26.4 Å². The quantitative estimate of drug-likeness (QED) is 0.482. The molecule has 0 saturated heterocycles. The number of rotatable bonds is 10. The molecule has 148 valence electrons. The molecule has 0 aromatic carbocycles. The number of nitrogens with one attached hydrogen (secondary N) is 1. The molecule has 0 fully saturated rings. The Labute approximate surface area is 168 Å². The molecule has 1 N–H and O–H groups in total. The predicted molar refractivity (Wildman–Crippen MR) is 109 cm³/mol. The fraction of sp³-hybridized carbons (Fsp3) is 0.556. The van der Waals surface area contributed by atoms with Gasteiger partial charge in [-0.15, -0.1) is 21.5 Å². The smallest absolute Gasteiger partial charge is 0.264 e. The second-order valence-electron chi connectivity index (χ2n) is 6.70. The van der Waals surface area contributed by atoms with Crippen LogP contribution < -0.4 is 5.32 Å². The van der Waals surface area contributed by atoms with Crippen LogP contribution in [0.4, 0.5) is 0 Å². The molecule has 9 heteroatoms. The third-order valence-corrected chi connectivity index (χ3v) is 5.41. The molecule has 2 aromatic heterocycles. The van der Waals surface area contributed by atoms with Crippen LogP contribution in [0.1, 0.15) is 35.8 Å². The highest BCUT2D eigenvalue weighted by molar-refractivity contribution is 7.98. The summed E-state index contributed by atoms with van der Waals surface area (Å²) in [7, 11) is 1.64. The first-order valence-electron chi connectivity index (χ1n) is 8.94. The molecule has 2 rings (SSSR count). The lowest BCUT2D eigenvalue weighted by atomic mass is 10.2. The van der Waals surface area contributed by atoms with Crippen molar-refractivity contribution >= 4 is 34.9 Å². The van der Waals surface area contributed by atoms with E-state index < -0.39 is 0 Å². The summed E-state index contributed by atoms with van der Waals surface area (Å²) in [5, 5.41) is 14.2. The average molecular weight is 410 g/mol. The van der Waals surface area contributed by atoms with Gasteiger partial charge in [-0.25, -0.2) is 0 Å². The van der Waals surface area contributed by atoms with E-state index in [2.05, 4.69) is 33.9 Å². The zero-order chi connectivity index (χ0) is 19.8. The Morgan fingerprint density at radius 2 is 2.15 bits per heavy atom. The van der Waals surface area contributed by atoms with Crippen LogP contribution in [0.5, 0.6) is 0 Å². The van der Waals surface area contributed by atoms with Gasteiger partial charge in [0.05, 0.1) is 11.4 Å². The van der Waals surface area contributed by atoms with Crippen molar-refractivity contribution in [3.63, 3.8) is 0 Å². The molecule has 0 aliphatic heterocycles. The normalized spacial score (nSPS) is 11.0. The maximum atomic E-state index is 12.1. The van der Waals surface area contributed by atoms with Crippen molar-refractivity contribution < 1.29 is 9.59 Å². The summed E-state index contributed by atoms with van der Waals surface area (Å²) in [6.07, 6.45) is 3.53. The van der Waals surface area contributed by atoms with E-state index in [-0.39, 0.29) is 18.4 Å². The molecule has 0 unspecified atom stereocenters. The Morgan fingerprint density at radius 1 is 1.37 bits per heavy atom. The van der Waals surface area contributed by atoms with Crippen molar-refractivity contribution in [1.29, 1.82) is 0 Å². The summed E-state index contributed by atoms with van der Waals surface area (Å²) < 4.78 is 2.16. The van der Waals surface area contributed by atoms with Gasteiger partial charge in [0, 0.05) is 26.6 Å². The first-order valence-corrected chi connectivity index (χ1v) is 11.0. The fourth-order valence-corrected chi connectivity index (χ4v) is 3.85. The van der Waals surface area contributed by atoms with E-state index in [9.17, 15) is 9.59 Å². The number of carbonyl (C=O) groups is 2. The van der Waals surface area contributed by atoms with Gasteiger partial charge in [-0.05, 0) is 30.0 Å². The second kappa shape index (κ2) is 10.5. The van der Waals surface area contributed by atoms with Gasteiger partial charge in [0.15, 0.2) is 5.16 Å². The standard InChI is InChI=1S/C18H27N5O2S2/c1-13(2)11-23-15(20-21-18(23)26-4)8-5-9-19-16(24)12-22(3)17(25)14-7-6-10-27-14/h6-7,10,13H,5,8-9,11-12H2,1-4H3,(H,19,24). The molecule has 2 aromatic rings. The molecule has 0 spiro atoms. The highest BCUT2D eigenvalue weighted by Crippen LogP contribution is 2.16. The van der Waals surface area contributed by atoms with Crippen molar-refractivity contribution in [2.45, 2.75) is 38.4 Å². The number of thioether (sulfide) groups is 1. The molecule has 0 atom stereocenters. The van der Waals surface area contributed by atoms with Crippen molar-refractivity contribution in [3.05, 3.63) is 28.2 Å². The van der Waals surface area contributed by atoms with Crippen LogP contribution in [0.25, 0.3) is 0 Å². The van der Waals surface area contributed by atoms with Gasteiger partial charge in [0.25, 0.3) is 5.91 Å². The highest BCUT2D eigenvalue weighted by Gasteiger charge is 2.16. The molecule has 0 radical (unpaired) electrons. The predicted octanol–water partition coefficient (Wildman–Crippen LogP) is 2.54. The molecular formula is C18H27N5O2S2. The number of hydrogen-bond donors (Lipinski definition) is 1. The van der Waals surface area contributed by atoms with E-state index in [4.69, 9.17) is 0 Å². The van der Waals surface area contributed by atoms with Crippen LogP contribution in [0.2, 0.25) is 0 Å². The van der Waals surface area contributed by atoms with Crippen LogP contribution >= 0.6 is 23.1 Å². The zero-order valence-corrected chi connectivity index (χ0v) is 17.9. The third kappa shape index (κ3) is 6.35. The SMILES string of the molecule is CSc1nnc(CCCNC(=O)CN(C)C(=O)c2cccs2)n1CC(C)C. The molecule has 2 heterocycles. The Morgan fingerprint density at radius 3 is 2.78 bits per heavy atom. The first kappa shape index (κ1) is 21.4. The van der Waals surface area contributed by atoms with Crippen LogP contribution in [0.3, 0.4) is 0 Å². The van der Waals surface area contributed by atoms with E-state index in [0.717, 1.165) is 30.4 Å². The van der Waals surface area contributed by atoms with Gasteiger partial charge in [0.2, 0.25) is 5.91 Å². The summed E-state index contributed by atoms with van der Waals surface area (Å²) in [6.45, 7) is 5.82. The van der Waals surface area contributed by atoms with E-state index in [1.54, 1.807) is 24.9 Å². The zero-order valence-electron chi connectivity index (χ0n) is 16.3. The average Bonchev–Trinajstić information content (AvgIpc) is 3.28. The Kier molecular flexibility index (Phi) is 8.30. The number of likely N-dealkylation sites (N-methyl/N-ethyl adjacent to an activating group) is 1. The van der Waals surface area contributed by atoms with Crippen LogP contribution in [0.15, 0.2) is 22.7 Å². The number of thiophene rings is 1. The maximum Gasteiger partial charge on any atom is 0.264 e. The van der Waals surface area contributed by atoms with Crippen molar-refractivity contribution in [3.8, 4) is 0 Å². The Bertz CT molecular complexity index is 743. The minimum Gasteiger partial charge on any atom is -0.355 e. The highest BCUT2D eigenvalue weighted by atomic mass is 32.2. The minimum absolute atomic E-state index is 0.0525. The van der Waals surface area contributed by atoms with Gasteiger partial charge < -0.3 is 14.8 Å². The monoisotopic (exact) mass is 409 g/mol. The van der Waals surface area contributed by atoms with Crippen LogP contribution in [-0.4, -0.2) is 57.9 Å². The first-order chi connectivity index (χ1) is 12.9. The Balaban J connectivity index is 1.76. The van der Waals surface area contributed by atoms with E-state index >= 15 is 0 Å². The lowest BCUT2D eigenvalue weighted by molar-refractivity contribution is -0.121. The number of aromatic nitrogens is 3. The van der Waals surface area contributed by atoms with E-state index in [1.807, 2.05) is 17.7 Å². The summed E-state index contributed by atoms with van der Waals surface area (Å²) in [5.41, 5.74) is 0. The molecule has 0 saturated carbocycles. The summed E-state index contributed by atoms with van der Waals surface area (Å²) >= 11 is 2.97. The molecule has 2 amide bonds. The molecule has 0 aliphatic rings. The molecule has 0 aliphatic carbocycles. The van der Waals surface area contributed by atoms with Crippen molar-refractivity contribution in [2.24, 2.45) is 5.92 Å². The van der Waals surface area contributed by atoms with Crippen LogP contribution in [-0.2, 0) is 17.8 Å². The number of aryl methyl sites for hydroxylation is 1. The van der Waals surface area contributed by atoms with Gasteiger partial charge >= 0.3 is 0 Å². The number of amides is 2. The summed E-state index contributed by atoms with van der Waals surface area (Å²) in [6, 6.07) is 3.59. The lowest BCUT2D eigenvalue weighted by Crippen LogP contribution is -2.38. The number of nitrogens with zero attached hydrogens (tertiary/aromatic N) is 4. The van der Waals surface area contributed by atoms with E-state index in [0.29, 0.717) is 17.3 Å². The van der Waals surface area contributed by atoms with Gasteiger partial charge in [0.1, 0.15) is 5.82 Å². The fourth-order valence-electron chi connectivity index (χ4n) is 2.61. The second-order valence-corrected chi connectivity index (χ2v) is 8.42. The third-order valence-electron chi connectivity index (χ3n) is 3.88. The largest absolute Gasteiger partial charge is 0.355 e. The van der Waals surface area contributed by atoms with Gasteiger partial charge in [-0.1, -0.05) is 31.7 Å². The summed E-state index contributed by atoms with van der Waals surface area (Å²) in [5.74, 6) is 1.18. The van der Waals surface area contributed by atoms with Gasteiger partial charge in [-0.2, -0.15) is 0 Å². The molecule has 7 nitrogen and oxygen atoms in total. The minimum atomic E-state index is -0.157. The maximum absolute atomic E-state index is 12.1. The number of hydrogen-bond acceptors (Lipinski definition) is 6. The summed E-state index contributed by atoms with van der Waals surface area (Å²) in [4.78, 5) is 26.3.